The van der Waals surface area contributed by atoms with E-state index in [1.165, 1.54) is 17.7 Å². The lowest BCUT2D eigenvalue weighted by Crippen LogP contribution is -2.20. The predicted octanol–water partition coefficient (Wildman–Crippen LogP) is 4.23. The molecule has 0 radical (unpaired) electrons. The topological polar surface area (TPSA) is 73.3 Å². The summed E-state index contributed by atoms with van der Waals surface area (Å²) in [5.74, 6) is 1.42. The van der Waals surface area contributed by atoms with Gasteiger partial charge in [-0.15, -0.1) is 11.3 Å². The van der Waals surface area contributed by atoms with Crippen LogP contribution in [0.5, 0.6) is 17.4 Å². The van der Waals surface area contributed by atoms with E-state index in [0.717, 1.165) is 18.5 Å². The normalized spacial score (nSPS) is 12.9. The number of ether oxygens (including phenoxy) is 2. The molecule has 0 saturated carbocycles. The first-order valence-electron chi connectivity index (χ1n) is 8.86. The molecular formula is C20H19N3O3S. The van der Waals surface area contributed by atoms with Gasteiger partial charge in [-0.1, -0.05) is 12.1 Å². The molecule has 0 saturated heterocycles. The van der Waals surface area contributed by atoms with Crippen LogP contribution in [0.4, 0.5) is 5.13 Å². The van der Waals surface area contributed by atoms with Gasteiger partial charge >= 0.3 is 0 Å². The number of aromatic nitrogens is 2. The zero-order chi connectivity index (χ0) is 18.5. The highest BCUT2D eigenvalue weighted by atomic mass is 32.1. The number of aryl methyl sites for hydroxylation is 2. The second-order valence-corrected chi connectivity index (χ2v) is 7.26. The first kappa shape index (κ1) is 17.5. The summed E-state index contributed by atoms with van der Waals surface area (Å²) in [5.41, 5.74) is 1.13. The molecule has 1 N–H and O–H groups in total. The smallest absolute Gasteiger partial charge is 0.264 e. The molecule has 0 bridgehead atoms. The quantitative estimate of drug-likeness (QED) is 0.692. The highest BCUT2D eigenvalue weighted by Gasteiger charge is 2.16. The van der Waals surface area contributed by atoms with Crippen molar-refractivity contribution in [3.8, 4) is 17.4 Å². The molecule has 3 aromatic rings. The number of rotatable bonds is 6. The lowest BCUT2D eigenvalue weighted by atomic mass is 10.0. The van der Waals surface area contributed by atoms with Gasteiger partial charge in [0.25, 0.3) is 5.91 Å². The summed E-state index contributed by atoms with van der Waals surface area (Å²) in [5, 5.41) is 3.48. The monoisotopic (exact) mass is 381 g/mol. The molecule has 1 aliphatic carbocycles. The maximum atomic E-state index is 12.2. The zero-order valence-electron chi connectivity index (χ0n) is 14.7. The lowest BCUT2D eigenvalue weighted by molar-refractivity contribution is -0.118. The van der Waals surface area contributed by atoms with Crippen LogP contribution in [-0.4, -0.2) is 22.5 Å². The fourth-order valence-corrected chi connectivity index (χ4v) is 3.93. The predicted molar refractivity (Wildman–Crippen MR) is 104 cm³/mol. The number of benzene rings is 1. The molecule has 7 heteroatoms. The number of carbonyl (C=O) groups excluding carboxylic acids is 1. The average Bonchev–Trinajstić information content (AvgIpc) is 3.10. The van der Waals surface area contributed by atoms with Gasteiger partial charge in [-0.2, -0.15) is 0 Å². The highest BCUT2D eigenvalue weighted by molar-refractivity contribution is 7.15. The number of anilines is 1. The summed E-state index contributed by atoms with van der Waals surface area (Å²) in [4.78, 5) is 22.1. The number of fused-ring (bicyclic) bond motifs is 1. The Labute approximate surface area is 161 Å². The third-order valence-electron chi connectivity index (χ3n) is 4.13. The second kappa shape index (κ2) is 8.18. The van der Waals surface area contributed by atoms with Crippen molar-refractivity contribution in [2.75, 3.05) is 11.9 Å². The van der Waals surface area contributed by atoms with E-state index in [0.29, 0.717) is 22.5 Å². The van der Waals surface area contributed by atoms with Crippen LogP contribution in [0.15, 0.2) is 48.7 Å². The van der Waals surface area contributed by atoms with E-state index < -0.39 is 0 Å². The molecule has 1 amide bonds. The number of nitrogens with zero attached hydrogens (tertiary/aromatic N) is 2. The zero-order valence-corrected chi connectivity index (χ0v) is 15.5. The largest absolute Gasteiger partial charge is 0.484 e. The Morgan fingerprint density at radius 1 is 1.11 bits per heavy atom. The molecule has 0 atom stereocenters. The molecule has 0 spiro atoms. The van der Waals surface area contributed by atoms with Gasteiger partial charge in [-0.3, -0.25) is 10.1 Å². The standard InChI is InChI=1S/C20H19N3O3S/c24-18(23-20-22-16-8-1-2-9-17(16)27-20)13-25-14-6-5-7-15(12-14)26-19-10-3-4-11-21-19/h3-7,10-12H,1-2,8-9,13H2,(H,22,23,24). The molecule has 0 unspecified atom stereocenters. The van der Waals surface area contributed by atoms with E-state index in [1.807, 2.05) is 18.2 Å². The first-order chi connectivity index (χ1) is 13.3. The third kappa shape index (κ3) is 4.62. The molecule has 27 heavy (non-hydrogen) atoms. The Kier molecular flexibility index (Phi) is 5.29. The van der Waals surface area contributed by atoms with E-state index in [4.69, 9.17) is 9.47 Å². The first-order valence-corrected chi connectivity index (χ1v) is 9.68. The van der Waals surface area contributed by atoms with Crippen LogP contribution >= 0.6 is 11.3 Å². The second-order valence-electron chi connectivity index (χ2n) is 6.18. The van der Waals surface area contributed by atoms with E-state index >= 15 is 0 Å². The summed E-state index contributed by atoms with van der Waals surface area (Å²) in [6, 6.07) is 12.6. The number of pyridine rings is 1. The maximum absolute atomic E-state index is 12.2. The molecule has 2 aromatic heterocycles. The summed E-state index contributed by atoms with van der Waals surface area (Å²) in [6.07, 6.45) is 6.09. The van der Waals surface area contributed by atoms with Gasteiger partial charge in [0.1, 0.15) is 11.5 Å². The molecular weight excluding hydrogens is 362 g/mol. The summed E-state index contributed by atoms with van der Waals surface area (Å²) < 4.78 is 11.3. The van der Waals surface area contributed by atoms with Crippen LogP contribution in [0.3, 0.4) is 0 Å². The van der Waals surface area contributed by atoms with Gasteiger partial charge < -0.3 is 9.47 Å². The molecule has 4 rings (SSSR count). The molecule has 2 heterocycles. The minimum atomic E-state index is -0.225. The minimum absolute atomic E-state index is 0.0860. The Hall–Kier alpha value is -2.93. The molecule has 6 nitrogen and oxygen atoms in total. The van der Waals surface area contributed by atoms with Crippen molar-refractivity contribution in [2.45, 2.75) is 25.7 Å². The molecule has 0 aliphatic heterocycles. The number of thiazole rings is 1. The Morgan fingerprint density at radius 2 is 2.00 bits per heavy atom. The van der Waals surface area contributed by atoms with Gasteiger partial charge in [-0.05, 0) is 43.9 Å². The van der Waals surface area contributed by atoms with Crippen LogP contribution in [0.25, 0.3) is 0 Å². The molecule has 0 fully saturated rings. The minimum Gasteiger partial charge on any atom is -0.484 e. The van der Waals surface area contributed by atoms with Gasteiger partial charge in [-0.25, -0.2) is 9.97 Å². The van der Waals surface area contributed by atoms with E-state index in [2.05, 4.69) is 15.3 Å². The number of hydrogen-bond acceptors (Lipinski definition) is 6. The van der Waals surface area contributed by atoms with Crippen molar-refractivity contribution >= 4 is 22.4 Å². The van der Waals surface area contributed by atoms with Crippen molar-refractivity contribution in [1.29, 1.82) is 0 Å². The van der Waals surface area contributed by atoms with Crippen molar-refractivity contribution in [2.24, 2.45) is 0 Å². The van der Waals surface area contributed by atoms with Crippen LogP contribution < -0.4 is 14.8 Å². The van der Waals surface area contributed by atoms with Crippen molar-refractivity contribution in [3.63, 3.8) is 0 Å². The maximum Gasteiger partial charge on any atom is 0.264 e. The SMILES string of the molecule is O=C(COc1cccc(Oc2ccccn2)c1)Nc1nc2c(s1)CCCC2. The summed E-state index contributed by atoms with van der Waals surface area (Å²) in [7, 11) is 0. The van der Waals surface area contributed by atoms with E-state index in [1.54, 1.807) is 41.8 Å². The Balaban J connectivity index is 1.32. The van der Waals surface area contributed by atoms with E-state index in [9.17, 15) is 4.79 Å². The number of nitrogens with one attached hydrogen (secondary N) is 1. The molecule has 138 valence electrons. The number of carbonyl (C=O) groups is 1. The Bertz CT molecular complexity index is 904. The van der Waals surface area contributed by atoms with Crippen LogP contribution in [0.2, 0.25) is 0 Å². The van der Waals surface area contributed by atoms with Crippen molar-refractivity contribution in [3.05, 3.63) is 59.2 Å². The van der Waals surface area contributed by atoms with E-state index in [-0.39, 0.29) is 12.5 Å². The summed E-state index contributed by atoms with van der Waals surface area (Å²) >= 11 is 1.56. The van der Waals surface area contributed by atoms with Crippen LogP contribution in [-0.2, 0) is 17.6 Å². The van der Waals surface area contributed by atoms with Crippen LogP contribution in [0, 0.1) is 0 Å². The van der Waals surface area contributed by atoms with Gasteiger partial charge in [0.15, 0.2) is 11.7 Å². The van der Waals surface area contributed by atoms with Crippen LogP contribution in [0.1, 0.15) is 23.4 Å². The lowest BCUT2D eigenvalue weighted by Gasteiger charge is -2.08. The van der Waals surface area contributed by atoms with Crippen molar-refractivity contribution in [1.82, 2.24) is 9.97 Å². The van der Waals surface area contributed by atoms with Gasteiger partial charge in [0, 0.05) is 23.2 Å². The average molecular weight is 381 g/mol. The fraction of sp³-hybridized carbons (Fsp3) is 0.250. The van der Waals surface area contributed by atoms with Gasteiger partial charge in [0.2, 0.25) is 5.88 Å². The number of hydrogen-bond donors (Lipinski definition) is 1. The molecule has 1 aliphatic rings. The fourth-order valence-electron chi connectivity index (χ4n) is 2.87. The summed E-state index contributed by atoms with van der Waals surface area (Å²) in [6.45, 7) is -0.0860. The Morgan fingerprint density at radius 3 is 2.85 bits per heavy atom. The molecule has 1 aromatic carbocycles. The van der Waals surface area contributed by atoms with Crippen molar-refractivity contribution < 1.29 is 14.3 Å². The third-order valence-corrected chi connectivity index (χ3v) is 5.20. The van der Waals surface area contributed by atoms with Gasteiger partial charge in [0.05, 0.1) is 5.69 Å². The highest BCUT2D eigenvalue weighted by Crippen LogP contribution is 2.29. The number of amides is 1.